The van der Waals surface area contributed by atoms with Crippen molar-refractivity contribution in [3.05, 3.63) is 35.1 Å². The number of ketones is 1. The summed E-state index contributed by atoms with van der Waals surface area (Å²) in [5.74, 6) is -0.628. The first-order chi connectivity index (χ1) is 7.69. The molecule has 0 fully saturated rings. The molecule has 0 radical (unpaired) electrons. The second-order valence-corrected chi connectivity index (χ2v) is 4.17. The summed E-state index contributed by atoms with van der Waals surface area (Å²) in [5.41, 5.74) is 0.332. The van der Waals surface area contributed by atoms with E-state index in [1.165, 1.54) is 12.1 Å². The van der Waals surface area contributed by atoms with Crippen LogP contribution in [0.1, 0.15) is 35.2 Å². The molecule has 16 heavy (non-hydrogen) atoms. The summed E-state index contributed by atoms with van der Waals surface area (Å²) < 4.78 is 13.0. The molecule has 1 aromatic carbocycles. The Hall–Kier alpha value is -1.21. The molecule has 0 aliphatic rings. The largest absolute Gasteiger partial charge is 0.294 e. The third kappa shape index (κ3) is 3.42. The molecule has 0 aromatic heterocycles. The van der Waals surface area contributed by atoms with Crippen LogP contribution in [0.4, 0.5) is 4.39 Å². The van der Waals surface area contributed by atoms with Gasteiger partial charge in [0, 0.05) is 17.3 Å². The van der Waals surface area contributed by atoms with Crippen LogP contribution in [0.2, 0.25) is 0 Å². The Labute approximate surface area is 102 Å². The van der Waals surface area contributed by atoms with Crippen molar-refractivity contribution in [2.24, 2.45) is 0 Å². The lowest BCUT2D eigenvalue weighted by Crippen LogP contribution is -2.00. The van der Waals surface area contributed by atoms with Crippen molar-refractivity contribution >= 4 is 21.7 Å². The number of rotatable bonds is 5. The Morgan fingerprint density at radius 3 is 2.81 bits per heavy atom. The molecular formula is C12H11BrFNO. The van der Waals surface area contributed by atoms with Gasteiger partial charge in [-0.1, -0.05) is 15.9 Å². The quantitative estimate of drug-likeness (QED) is 0.472. The van der Waals surface area contributed by atoms with Crippen LogP contribution >= 0.6 is 15.9 Å². The first-order valence-electron chi connectivity index (χ1n) is 4.98. The molecular weight excluding hydrogens is 273 g/mol. The summed E-state index contributed by atoms with van der Waals surface area (Å²) in [6.07, 6.45) is 2.16. The molecule has 0 N–H and O–H groups in total. The minimum atomic E-state index is -0.584. The molecule has 0 saturated carbocycles. The Balaban J connectivity index is 2.73. The fraction of sp³-hybridized carbons (Fsp3) is 0.333. The second kappa shape index (κ2) is 6.39. The van der Waals surface area contributed by atoms with Gasteiger partial charge in [-0.05, 0) is 31.0 Å². The average Bonchev–Trinajstić information content (AvgIpc) is 2.30. The summed E-state index contributed by atoms with van der Waals surface area (Å²) in [5, 5.41) is 9.50. The standard InChI is InChI=1S/C12H11BrFNO/c13-6-2-1-3-12(16)9-4-5-11(14)10(7-9)8-15/h4-5,7H,1-3,6H2. The predicted octanol–water partition coefficient (Wildman–Crippen LogP) is 3.45. The van der Waals surface area contributed by atoms with E-state index in [2.05, 4.69) is 15.9 Å². The van der Waals surface area contributed by atoms with Crippen LogP contribution in [0.15, 0.2) is 18.2 Å². The maximum Gasteiger partial charge on any atom is 0.162 e. The molecule has 0 saturated heterocycles. The Kier molecular flexibility index (Phi) is 5.13. The molecule has 0 amide bonds. The molecule has 84 valence electrons. The van der Waals surface area contributed by atoms with Gasteiger partial charge in [-0.2, -0.15) is 5.26 Å². The molecule has 0 aliphatic carbocycles. The summed E-state index contributed by atoms with van der Waals surface area (Å²) in [4.78, 5) is 11.7. The van der Waals surface area contributed by atoms with Crippen molar-refractivity contribution in [3.63, 3.8) is 0 Å². The minimum Gasteiger partial charge on any atom is -0.294 e. The number of Topliss-reactive ketones (excluding diaryl/α,β-unsaturated/α-hetero) is 1. The highest BCUT2D eigenvalue weighted by molar-refractivity contribution is 9.09. The number of unbranched alkanes of at least 4 members (excludes halogenated alkanes) is 1. The van der Waals surface area contributed by atoms with Gasteiger partial charge in [-0.25, -0.2) is 4.39 Å². The smallest absolute Gasteiger partial charge is 0.162 e. The minimum absolute atomic E-state index is 0.0440. The molecule has 0 spiro atoms. The monoisotopic (exact) mass is 283 g/mol. The summed E-state index contributed by atoms with van der Waals surface area (Å²) in [6.45, 7) is 0. The number of halogens is 2. The summed E-state index contributed by atoms with van der Waals surface area (Å²) in [7, 11) is 0. The van der Waals surface area contributed by atoms with Crippen molar-refractivity contribution in [2.75, 3.05) is 5.33 Å². The maximum atomic E-state index is 13.0. The maximum absolute atomic E-state index is 13.0. The third-order valence-corrected chi connectivity index (χ3v) is 2.76. The van der Waals surface area contributed by atoms with Gasteiger partial charge in [-0.3, -0.25) is 4.79 Å². The highest BCUT2D eigenvalue weighted by atomic mass is 79.9. The first-order valence-corrected chi connectivity index (χ1v) is 6.10. The average molecular weight is 284 g/mol. The molecule has 0 atom stereocenters. The molecule has 1 aromatic rings. The van der Waals surface area contributed by atoms with Crippen molar-refractivity contribution in [3.8, 4) is 6.07 Å². The van der Waals surface area contributed by atoms with Crippen molar-refractivity contribution in [1.82, 2.24) is 0 Å². The van der Waals surface area contributed by atoms with Gasteiger partial charge in [-0.15, -0.1) is 0 Å². The van der Waals surface area contributed by atoms with Gasteiger partial charge in [0.25, 0.3) is 0 Å². The normalized spacial score (nSPS) is 9.81. The van der Waals surface area contributed by atoms with Crippen molar-refractivity contribution in [2.45, 2.75) is 19.3 Å². The zero-order valence-corrected chi connectivity index (χ0v) is 10.3. The molecule has 2 nitrogen and oxygen atoms in total. The fourth-order valence-electron chi connectivity index (χ4n) is 1.31. The van der Waals surface area contributed by atoms with E-state index < -0.39 is 5.82 Å². The van der Waals surface area contributed by atoms with Crippen LogP contribution in [-0.2, 0) is 0 Å². The number of carbonyl (C=O) groups excluding carboxylic acids is 1. The highest BCUT2D eigenvalue weighted by Crippen LogP contribution is 2.13. The van der Waals surface area contributed by atoms with Gasteiger partial charge >= 0.3 is 0 Å². The van der Waals surface area contributed by atoms with Gasteiger partial charge in [0.05, 0.1) is 5.56 Å². The number of nitriles is 1. The fourth-order valence-corrected chi connectivity index (χ4v) is 1.71. The number of nitrogens with zero attached hydrogens (tertiary/aromatic N) is 1. The number of benzene rings is 1. The van der Waals surface area contributed by atoms with E-state index in [1.807, 2.05) is 0 Å². The summed E-state index contributed by atoms with van der Waals surface area (Å²) >= 11 is 3.28. The molecule has 1 rings (SSSR count). The van der Waals surface area contributed by atoms with Gasteiger partial charge in [0.2, 0.25) is 0 Å². The van der Waals surface area contributed by atoms with Crippen LogP contribution in [-0.4, -0.2) is 11.1 Å². The van der Waals surface area contributed by atoms with E-state index in [0.29, 0.717) is 12.0 Å². The Morgan fingerprint density at radius 1 is 1.44 bits per heavy atom. The van der Waals surface area contributed by atoms with E-state index in [-0.39, 0.29) is 11.3 Å². The SMILES string of the molecule is N#Cc1cc(C(=O)CCCCBr)ccc1F. The van der Waals surface area contributed by atoms with Crippen LogP contribution in [0, 0.1) is 17.1 Å². The van der Waals surface area contributed by atoms with E-state index in [1.54, 1.807) is 6.07 Å². The lowest BCUT2D eigenvalue weighted by molar-refractivity contribution is 0.0980. The van der Waals surface area contributed by atoms with Crippen LogP contribution < -0.4 is 0 Å². The van der Waals surface area contributed by atoms with Crippen molar-refractivity contribution in [1.29, 1.82) is 5.26 Å². The zero-order valence-electron chi connectivity index (χ0n) is 8.67. The molecule has 0 bridgehead atoms. The van der Waals surface area contributed by atoms with Gasteiger partial charge in [0.15, 0.2) is 5.78 Å². The Bertz CT molecular complexity index is 426. The number of carbonyl (C=O) groups is 1. The number of hydrogen-bond donors (Lipinski definition) is 0. The van der Waals surface area contributed by atoms with E-state index in [0.717, 1.165) is 24.2 Å². The van der Waals surface area contributed by atoms with Crippen LogP contribution in [0.5, 0.6) is 0 Å². The molecule has 0 unspecified atom stereocenters. The van der Waals surface area contributed by atoms with Crippen molar-refractivity contribution < 1.29 is 9.18 Å². The predicted molar refractivity (Wildman–Crippen MR) is 63.1 cm³/mol. The highest BCUT2D eigenvalue weighted by Gasteiger charge is 2.09. The number of alkyl halides is 1. The lowest BCUT2D eigenvalue weighted by atomic mass is 10.0. The molecule has 4 heteroatoms. The van der Waals surface area contributed by atoms with Crippen LogP contribution in [0.3, 0.4) is 0 Å². The van der Waals surface area contributed by atoms with E-state index in [9.17, 15) is 9.18 Å². The summed E-state index contributed by atoms with van der Waals surface area (Å²) in [6, 6.07) is 5.62. The van der Waals surface area contributed by atoms with E-state index >= 15 is 0 Å². The lowest BCUT2D eigenvalue weighted by Gasteiger charge is -2.01. The van der Waals surface area contributed by atoms with Gasteiger partial charge in [0.1, 0.15) is 11.9 Å². The van der Waals surface area contributed by atoms with Crippen LogP contribution in [0.25, 0.3) is 0 Å². The number of hydrogen-bond acceptors (Lipinski definition) is 2. The molecule has 0 aliphatic heterocycles. The topological polar surface area (TPSA) is 40.9 Å². The first kappa shape index (κ1) is 12.9. The Morgan fingerprint density at radius 2 is 2.19 bits per heavy atom. The van der Waals surface area contributed by atoms with E-state index in [4.69, 9.17) is 5.26 Å². The second-order valence-electron chi connectivity index (χ2n) is 3.38. The third-order valence-electron chi connectivity index (χ3n) is 2.20. The zero-order chi connectivity index (χ0) is 12.0. The molecule has 0 heterocycles. The van der Waals surface area contributed by atoms with Gasteiger partial charge < -0.3 is 0 Å².